The van der Waals surface area contributed by atoms with Crippen molar-refractivity contribution in [3.63, 3.8) is 0 Å². The van der Waals surface area contributed by atoms with Crippen LogP contribution in [0.15, 0.2) is 82.6 Å². The van der Waals surface area contributed by atoms with Gasteiger partial charge in [0.05, 0.1) is 22.2 Å². The molecule has 0 unspecified atom stereocenters. The standard InChI is InChI=1S/C34H30F3N3O4S2/c1-18-8-14-22(15-9-18)38-24(41)17-39-31-28(46-32(39)44)25(19-10-12-20(13-11-19)33(2,3)4)26-27(45-31)30(43)40(29(26)42)23-7-5-6-21(16-23)34(35,36)37/h5-16,25-27H,17H2,1-4H3,(H,38,41)/t25-,26+,27-/m0/s1. The van der Waals surface area contributed by atoms with Gasteiger partial charge in [-0.05, 0) is 53.8 Å². The number of carbonyl (C=O) groups excluding carboxylic acids is 3. The Kier molecular flexibility index (Phi) is 8.00. The van der Waals surface area contributed by atoms with Crippen LogP contribution in [-0.2, 0) is 32.5 Å². The number of anilines is 2. The molecular weight excluding hydrogens is 636 g/mol. The van der Waals surface area contributed by atoms with Crippen molar-refractivity contribution in [3.05, 3.63) is 110 Å². The normalized spacial score (nSPS) is 19.6. The SMILES string of the molecule is Cc1ccc(NC(=O)Cn2c3c(sc2=O)[C@@H](c2ccc(C(C)(C)C)cc2)[C@H]2C(=O)N(c4cccc(C(F)(F)F)c4)C(=O)[C@H]2S3)cc1. The van der Waals surface area contributed by atoms with Crippen LogP contribution in [0.2, 0.25) is 0 Å². The Labute approximate surface area is 271 Å². The van der Waals surface area contributed by atoms with Gasteiger partial charge in [-0.25, -0.2) is 4.90 Å². The fourth-order valence-electron chi connectivity index (χ4n) is 5.86. The topological polar surface area (TPSA) is 88.5 Å². The van der Waals surface area contributed by atoms with Crippen LogP contribution in [0.5, 0.6) is 0 Å². The predicted octanol–water partition coefficient (Wildman–Crippen LogP) is 6.97. The lowest BCUT2D eigenvalue weighted by Crippen LogP contribution is -2.33. The number of aryl methyl sites for hydroxylation is 1. The van der Waals surface area contributed by atoms with Crippen LogP contribution in [-0.4, -0.2) is 27.5 Å². The van der Waals surface area contributed by atoms with E-state index < -0.39 is 51.4 Å². The average Bonchev–Trinajstić information content (AvgIpc) is 3.43. The van der Waals surface area contributed by atoms with E-state index in [4.69, 9.17) is 0 Å². The molecule has 0 spiro atoms. The van der Waals surface area contributed by atoms with E-state index in [1.165, 1.54) is 10.6 Å². The van der Waals surface area contributed by atoms with Gasteiger partial charge >= 0.3 is 11.0 Å². The van der Waals surface area contributed by atoms with Crippen LogP contribution in [0.3, 0.4) is 0 Å². The number of nitrogens with zero attached hydrogens (tertiary/aromatic N) is 2. The number of carbonyl (C=O) groups is 3. The van der Waals surface area contributed by atoms with Gasteiger partial charge in [0, 0.05) is 16.5 Å². The summed E-state index contributed by atoms with van der Waals surface area (Å²) in [5.41, 5.74) is 2.00. The van der Waals surface area contributed by atoms with E-state index in [9.17, 15) is 32.3 Å². The Hall–Kier alpha value is -4.16. The fraction of sp³-hybridized carbons (Fsp3) is 0.294. The minimum Gasteiger partial charge on any atom is -0.325 e. The van der Waals surface area contributed by atoms with Crippen LogP contribution >= 0.6 is 23.1 Å². The molecule has 0 saturated carbocycles. The van der Waals surface area contributed by atoms with Gasteiger partial charge < -0.3 is 5.32 Å². The van der Waals surface area contributed by atoms with Gasteiger partial charge in [0.1, 0.15) is 11.8 Å². The monoisotopic (exact) mass is 665 g/mol. The quantitative estimate of drug-likeness (QED) is 0.233. The molecule has 12 heteroatoms. The summed E-state index contributed by atoms with van der Waals surface area (Å²) >= 11 is 1.92. The number of hydrogen-bond donors (Lipinski definition) is 1. The number of rotatable bonds is 5. The summed E-state index contributed by atoms with van der Waals surface area (Å²) in [5.74, 6) is -3.47. The highest BCUT2D eigenvalue weighted by Gasteiger charge is 2.57. The summed E-state index contributed by atoms with van der Waals surface area (Å²) in [6.45, 7) is 7.79. The van der Waals surface area contributed by atoms with Crippen molar-refractivity contribution in [2.24, 2.45) is 5.92 Å². The van der Waals surface area contributed by atoms with E-state index >= 15 is 0 Å². The Bertz CT molecular complexity index is 1910. The number of amides is 3. The van der Waals surface area contributed by atoms with Crippen LogP contribution in [0.1, 0.15) is 53.8 Å². The third-order valence-corrected chi connectivity index (χ3v) is 10.9. The molecule has 0 bridgehead atoms. The molecule has 1 fully saturated rings. The molecule has 3 heterocycles. The average molecular weight is 666 g/mol. The molecule has 2 aliphatic rings. The third kappa shape index (κ3) is 5.79. The highest BCUT2D eigenvalue weighted by atomic mass is 32.2. The van der Waals surface area contributed by atoms with Gasteiger partial charge in [-0.2, -0.15) is 13.2 Å². The molecule has 6 rings (SSSR count). The van der Waals surface area contributed by atoms with Crippen molar-refractivity contribution < 1.29 is 27.6 Å². The second-order valence-corrected chi connectivity index (χ2v) is 14.6. The number of aromatic nitrogens is 1. The summed E-state index contributed by atoms with van der Waals surface area (Å²) in [6.07, 6.45) is -4.67. The minimum absolute atomic E-state index is 0.160. The molecule has 1 saturated heterocycles. The van der Waals surface area contributed by atoms with Crippen molar-refractivity contribution in [1.29, 1.82) is 0 Å². The molecule has 0 aliphatic carbocycles. The van der Waals surface area contributed by atoms with E-state index in [0.717, 1.165) is 57.3 Å². The third-order valence-electron chi connectivity index (χ3n) is 8.25. The van der Waals surface area contributed by atoms with Crippen LogP contribution in [0.4, 0.5) is 24.5 Å². The summed E-state index contributed by atoms with van der Waals surface area (Å²) in [4.78, 5) is 55.5. The zero-order valence-electron chi connectivity index (χ0n) is 25.3. The van der Waals surface area contributed by atoms with E-state index in [0.29, 0.717) is 21.2 Å². The van der Waals surface area contributed by atoms with Crippen molar-refractivity contribution in [2.75, 3.05) is 10.2 Å². The lowest BCUT2D eigenvalue weighted by atomic mass is 9.81. The molecular formula is C34H30F3N3O4S2. The van der Waals surface area contributed by atoms with E-state index in [-0.39, 0.29) is 17.6 Å². The van der Waals surface area contributed by atoms with Crippen LogP contribution < -0.4 is 15.1 Å². The highest BCUT2D eigenvalue weighted by Crippen LogP contribution is 2.54. The van der Waals surface area contributed by atoms with Crippen molar-refractivity contribution in [3.8, 4) is 0 Å². The molecule has 238 valence electrons. The van der Waals surface area contributed by atoms with Crippen molar-refractivity contribution in [2.45, 2.75) is 62.0 Å². The number of imide groups is 1. The van der Waals surface area contributed by atoms with E-state index in [1.54, 1.807) is 12.1 Å². The first kappa shape index (κ1) is 31.8. The first-order chi connectivity index (χ1) is 21.6. The summed E-state index contributed by atoms with van der Waals surface area (Å²) < 4.78 is 42.0. The predicted molar refractivity (Wildman–Crippen MR) is 172 cm³/mol. The maximum Gasteiger partial charge on any atom is 0.416 e. The van der Waals surface area contributed by atoms with Gasteiger partial charge in [0.25, 0.3) is 0 Å². The Morgan fingerprint density at radius 1 is 0.891 bits per heavy atom. The number of halogens is 3. The van der Waals surface area contributed by atoms with Gasteiger partial charge in [0.2, 0.25) is 17.7 Å². The maximum absolute atomic E-state index is 14.1. The molecule has 46 heavy (non-hydrogen) atoms. The number of thiazole rings is 1. The summed E-state index contributed by atoms with van der Waals surface area (Å²) in [7, 11) is 0. The number of alkyl halides is 3. The molecule has 1 aromatic heterocycles. The van der Waals surface area contributed by atoms with Crippen LogP contribution in [0.25, 0.3) is 0 Å². The van der Waals surface area contributed by atoms with Gasteiger partial charge in [-0.15, -0.1) is 0 Å². The van der Waals surface area contributed by atoms with Gasteiger partial charge in [-0.1, -0.05) is 91.9 Å². The van der Waals surface area contributed by atoms with E-state index in [1.807, 2.05) is 43.3 Å². The maximum atomic E-state index is 14.1. The zero-order valence-corrected chi connectivity index (χ0v) is 27.0. The zero-order chi connectivity index (χ0) is 33.1. The fourth-order valence-corrected chi connectivity index (χ4v) is 8.63. The molecule has 3 aromatic carbocycles. The number of thioether (sulfide) groups is 1. The molecule has 7 nitrogen and oxygen atoms in total. The number of benzene rings is 3. The lowest BCUT2D eigenvalue weighted by molar-refractivity contribution is -0.137. The Balaban J connectivity index is 1.42. The first-order valence-electron chi connectivity index (χ1n) is 14.6. The van der Waals surface area contributed by atoms with Gasteiger partial charge in [0.15, 0.2) is 0 Å². The molecule has 3 amide bonds. The summed E-state index contributed by atoms with van der Waals surface area (Å²) in [6, 6.07) is 19.0. The first-order valence-corrected chi connectivity index (χ1v) is 16.3. The van der Waals surface area contributed by atoms with E-state index in [2.05, 4.69) is 26.1 Å². The molecule has 1 N–H and O–H groups in total. The smallest absolute Gasteiger partial charge is 0.325 e. The Morgan fingerprint density at radius 3 is 2.20 bits per heavy atom. The Morgan fingerprint density at radius 2 is 1.57 bits per heavy atom. The second-order valence-electron chi connectivity index (χ2n) is 12.5. The minimum atomic E-state index is -4.67. The number of hydrogen-bond acceptors (Lipinski definition) is 6. The largest absolute Gasteiger partial charge is 0.416 e. The number of fused-ring (bicyclic) bond motifs is 2. The molecule has 0 radical (unpaired) electrons. The van der Waals surface area contributed by atoms with Gasteiger partial charge in [-0.3, -0.25) is 23.7 Å². The van der Waals surface area contributed by atoms with Crippen LogP contribution in [0, 0.1) is 12.8 Å². The molecule has 3 atom stereocenters. The molecule has 4 aromatic rings. The second kappa shape index (κ2) is 11.6. The lowest BCUT2D eigenvalue weighted by Gasteiger charge is -2.31. The summed E-state index contributed by atoms with van der Waals surface area (Å²) in [5, 5.41) is 2.16. The molecule has 2 aliphatic heterocycles. The number of nitrogens with one attached hydrogen (secondary N) is 1. The van der Waals surface area contributed by atoms with Crippen molar-refractivity contribution in [1.82, 2.24) is 4.57 Å². The highest BCUT2D eigenvalue weighted by molar-refractivity contribution is 8.00. The van der Waals surface area contributed by atoms with Crippen molar-refractivity contribution >= 4 is 52.2 Å².